The highest BCUT2D eigenvalue weighted by atomic mass is 35.5. The highest BCUT2D eigenvalue weighted by Crippen LogP contribution is 2.30. The Kier molecular flexibility index (Phi) is 5.49. The molecule has 0 bridgehead atoms. The molecule has 1 heterocycles. The predicted octanol–water partition coefficient (Wildman–Crippen LogP) is 4.64. The number of hydrogen-bond donors (Lipinski definition) is 2. The fourth-order valence-electron chi connectivity index (χ4n) is 2.33. The molecule has 0 spiro atoms. The largest absolute Gasteiger partial charge is 0.451 e. The van der Waals surface area contributed by atoms with Crippen molar-refractivity contribution >= 4 is 46.2 Å². The monoisotopic (exact) mass is 401 g/mol. The third-order valence-electron chi connectivity index (χ3n) is 3.55. The number of halogens is 1. The number of para-hydroxylation sites is 2. The normalized spacial score (nSPS) is 10.3. The Labute approximate surface area is 164 Å². The molecule has 2 aromatic carbocycles. The molecular formula is C18H12ClN3O4S. The number of furan rings is 1. The van der Waals surface area contributed by atoms with Gasteiger partial charge in [-0.2, -0.15) is 0 Å². The fourth-order valence-corrected chi connectivity index (χ4v) is 2.71. The number of amides is 1. The summed E-state index contributed by atoms with van der Waals surface area (Å²) in [6.45, 7) is 0. The Balaban J connectivity index is 1.73. The van der Waals surface area contributed by atoms with E-state index in [0.717, 1.165) is 0 Å². The lowest BCUT2D eigenvalue weighted by Crippen LogP contribution is -2.33. The molecule has 9 heteroatoms. The summed E-state index contributed by atoms with van der Waals surface area (Å²) in [5.41, 5.74) is 0.706. The lowest BCUT2D eigenvalue weighted by Gasteiger charge is -2.09. The molecule has 0 radical (unpaired) electrons. The lowest BCUT2D eigenvalue weighted by atomic mass is 10.1. The molecule has 3 aromatic rings. The molecule has 136 valence electrons. The molecule has 3 rings (SSSR count). The van der Waals surface area contributed by atoms with Gasteiger partial charge in [0.2, 0.25) is 0 Å². The van der Waals surface area contributed by atoms with E-state index in [0.29, 0.717) is 10.7 Å². The van der Waals surface area contributed by atoms with E-state index in [1.165, 1.54) is 18.2 Å². The van der Waals surface area contributed by atoms with Gasteiger partial charge in [0.25, 0.3) is 11.6 Å². The number of carbonyl (C=O) groups excluding carboxylic acids is 1. The number of thiocarbonyl (C=S) groups is 1. The van der Waals surface area contributed by atoms with Crippen LogP contribution in [-0.2, 0) is 0 Å². The molecule has 0 saturated heterocycles. The van der Waals surface area contributed by atoms with Gasteiger partial charge in [-0.15, -0.1) is 0 Å². The van der Waals surface area contributed by atoms with E-state index < -0.39 is 10.8 Å². The third-order valence-corrected chi connectivity index (χ3v) is 4.08. The van der Waals surface area contributed by atoms with Gasteiger partial charge >= 0.3 is 0 Å². The van der Waals surface area contributed by atoms with E-state index in [9.17, 15) is 14.9 Å². The fraction of sp³-hybridized carbons (Fsp3) is 0. The molecule has 0 saturated carbocycles. The SMILES string of the molecule is O=C(NC(=S)Nc1ccccc1Cl)c1ccc(-c2ccccc2[N+](=O)[O-])o1. The van der Waals surface area contributed by atoms with Gasteiger partial charge in [0.1, 0.15) is 5.76 Å². The Morgan fingerprint density at radius 1 is 1.07 bits per heavy atom. The van der Waals surface area contributed by atoms with Crippen LogP contribution in [0.5, 0.6) is 0 Å². The maximum absolute atomic E-state index is 12.3. The number of nitrogens with zero attached hydrogens (tertiary/aromatic N) is 1. The maximum Gasteiger partial charge on any atom is 0.293 e. The minimum Gasteiger partial charge on any atom is -0.451 e. The van der Waals surface area contributed by atoms with Gasteiger partial charge in [0.15, 0.2) is 10.9 Å². The molecule has 27 heavy (non-hydrogen) atoms. The van der Waals surface area contributed by atoms with Gasteiger partial charge < -0.3 is 9.73 Å². The van der Waals surface area contributed by atoms with Crippen molar-refractivity contribution in [3.05, 3.63) is 81.6 Å². The molecular weight excluding hydrogens is 390 g/mol. The standard InChI is InChI=1S/C18H12ClN3O4S/c19-12-6-2-3-7-13(12)20-18(27)21-17(23)16-10-9-15(26-16)11-5-1-4-8-14(11)22(24)25/h1-10H,(H2,20,21,23,27). The van der Waals surface area contributed by atoms with Crippen LogP contribution in [0.25, 0.3) is 11.3 Å². The first-order valence-electron chi connectivity index (χ1n) is 7.66. The van der Waals surface area contributed by atoms with Gasteiger partial charge in [-0.1, -0.05) is 35.9 Å². The van der Waals surface area contributed by atoms with Crippen LogP contribution in [0.3, 0.4) is 0 Å². The molecule has 0 aliphatic heterocycles. The average molecular weight is 402 g/mol. The molecule has 1 amide bonds. The van der Waals surface area contributed by atoms with Crippen molar-refractivity contribution in [1.29, 1.82) is 0 Å². The van der Waals surface area contributed by atoms with E-state index in [2.05, 4.69) is 10.6 Å². The topological polar surface area (TPSA) is 97.4 Å². The minimum absolute atomic E-state index is 0.0357. The summed E-state index contributed by atoms with van der Waals surface area (Å²) < 4.78 is 5.47. The second-order valence-electron chi connectivity index (χ2n) is 5.33. The maximum atomic E-state index is 12.3. The number of carbonyl (C=O) groups is 1. The first kappa shape index (κ1) is 18.6. The zero-order valence-corrected chi connectivity index (χ0v) is 15.2. The number of nitro groups is 1. The van der Waals surface area contributed by atoms with Crippen LogP contribution in [0.15, 0.2) is 65.1 Å². The third kappa shape index (κ3) is 4.30. The smallest absolute Gasteiger partial charge is 0.293 e. The number of benzene rings is 2. The van der Waals surface area contributed by atoms with Crippen LogP contribution in [0.2, 0.25) is 5.02 Å². The van der Waals surface area contributed by atoms with Gasteiger partial charge in [-0.3, -0.25) is 20.2 Å². The van der Waals surface area contributed by atoms with Crippen LogP contribution in [0.4, 0.5) is 11.4 Å². The van der Waals surface area contributed by atoms with Crippen molar-refractivity contribution in [2.45, 2.75) is 0 Å². The van der Waals surface area contributed by atoms with Crippen molar-refractivity contribution in [2.24, 2.45) is 0 Å². The van der Waals surface area contributed by atoms with Crippen LogP contribution in [0.1, 0.15) is 10.6 Å². The number of anilines is 1. The zero-order valence-electron chi connectivity index (χ0n) is 13.6. The second kappa shape index (κ2) is 7.98. The van der Waals surface area contributed by atoms with E-state index in [1.807, 2.05) is 0 Å². The summed E-state index contributed by atoms with van der Waals surface area (Å²) in [6, 6.07) is 15.9. The molecule has 2 N–H and O–H groups in total. The Bertz CT molecular complexity index is 1030. The summed E-state index contributed by atoms with van der Waals surface area (Å²) in [5, 5.41) is 16.9. The summed E-state index contributed by atoms with van der Waals surface area (Å²) >= 11 is 11.1. The summed E-state index contributed by atoms with van der Waals surface area (Å²) in [5.74, 6) is -0.423. The van der Waals surface area contributed by atoms with Crippen LogP contribution in [0, 0.1) is 10.1 Å². The van der Waals surface area contributed by atoms with Crippen LogP contribution in [-0.4, -0.2) is 15.9 Å². The van der Waals surface area contributed by atoms with Crippen molar-refractivity contribution in [3.8, 4) is 11.3 Å². The summed E-state index contributed by atoms with van der Waals surface area (Å²) in [6.07, 6.45) is 0. The van der Waals surface area contributed by atoms with E-state index in [4.69, 9.17) is 28.2 Å². The molecule has 0 atom stereocenters. The Morgan fingerprint density at radius 3 is 2.52 bits per heavy atom. The van der Waals surface area contributed by atoms with Crippen molar-refractivity contribution in [2.75, 3.05) is 5.32 Å². The zero-order chi connectivity index (χ0) is 19.4. The first-order chi connectivity index (χ1) is 13.0. The Hall–Kier alpha value is -3.23. The molecule has 0 unspecified atom stereocenters. The van der Waals surface area contributed by atoms with Gasteiger partial charge in [-0.25, -0.2) is 0 Å². The van der Waals surface area contributed by atoms with Crippen molar-refractivity contribution in [3.63, 3.8) is 0 Å². The number of nitrogens with one attached hydrogen (secondary N) is 2. The molecule has 7 nitrogen and oxygen atoms in total. The van der Waals surface area contributed by atoms with Gasteiger partial charge in [0, 0.05) is 6.07 Å². The van der Waals surface area contributed by atoms with E-state index in [1.54, 1.807) is 42.5 Å². The van der Waals surface area contributed by atoms with Crippen LogP contribution >= 0.6 is 23.8 Å². The van der Waals surface area contributed by atoms with Crippen molar-refractivity contribution < 1.29 is 14.1 Å². The Morgan fingerprint density at radius 2 is 1.78 bits per heavy atom. The van der Waals surface area contributed by atoms with E-state index >= 15 is 0 Å². The number of rotatable bonds is 4. The van der Waals surface area contributed by atoms with Crippen molar-refractivity contribution in [1.82, 2.24) is 5.32 Å². The highest BCUT2D eigenvalue weighted by molar-refractivity contribution is 7.80. The summed E-state index contributed by atoms with van der Waals surface area (Å²) in [4.78, 5) is 22.9. The summed E-state index contributed by atoms with van der Waals surface area (Å²) in [7, 11) is 0. The van der Waals surface area contributed by atoms with Gasteiger partial charge in [-0.05, 0) is 42.5 Å². The minimum atomic E-state index is -0.593. The highest BCUT2D eigenvalue weighted by Gasteiger charge is 2.19. The predicted molar refractivity (Wildman–Crippen MR) is 106 cm³/mol. The van der Waals surface area contributed by atoms with Crippen LogP contribution < -0.4 is 10.6 Å². The molecule has 1 aromatic heterocycles. The quantitative estimate of drug-likeness (QED) is 0.375. The number of nitro benzene ring substituents is 1. The number of hydrogen-bond acceptors (Lipinski definition) is 5. The second-order valence-corrected chi connectivity index (χ2v) is 6.14. The van der Waals surface area contributed by atoms with Gasteiger partial charge in [0.05, 0.1) is 21.2 Å². The molecule has 0 aliphatic rings. The average Bonchev–Trinajstić information content (AvgIpc) is 3.14. The van der Waals surface area contributed by atoms with E-state index in [-0.39, 0.29) is 27.9 Å². The molecule has 0 fully saturated rings. The first-order valence-corrected chi connectivity index (χ1v) is 8.45. The lowest BCUT2D eigenvalue weighted by molar-refractivity contribution is -0.384. The molecule has 0 aliphatic carbocycles.